The Labute approximate surface area is 172 Å². The lowest BCUT2D eigenvalue weighted by Crippen LogP contribution is -2.36. The van der Waals surface area contributed by atoms with Crippen LogP contribution >= 0.6 is 0 Å². The monoisotopic (exact) mass is 411 g/mol. The number of nitrogens with zero attached hydrogens (tertiary/aromatic N) is 6. The number of hydrogen-bond donors (Lipinski definition) is 1. The van der Waals surface area contributed by atoms with E-state index in [-0.39, 0.29) is 18.7 Å². The van der Waals surface area contributed by atoms with Gasteiger partial charge in [0.05, 0.1) is 26.1 Å². The van der Waals surface area contributed by atoms with Crippen molar-refractivity contribution in [3.8, 4) is 16.9 Å². The number of morpholine rings is 1. The third-order valence-corrected chi connectivity index (χ3v) is 4.91. The van der Waals surface area contributed by atoms with Gasteiger partial charge in [-0.15, -0.1) is 0 Å². The Bertz CT molecular complexity index is 1090. The Kier molecular flexibility index (Phi) is 5.96. The molecule has 1 aliphatic heterocycles. The lowest BCUT2D eigenvalue weighted by molar-refractivity contribution is 0.122. The zero-order chi connectivity index (χ0) is 20.9. The molecule has 9 nitrogen and oxygen atoms in total. The molecule has 10 heteroatoms. The first-order valence-electron chi connectivity index (χ1n) is 9.58. The van der Waals surface area contributed by atoms with Gasteiger partial charge < -0.3 is 15.4 Å². The van der Waals surface area contributed by atoms with Gasteiger partial charge in [0.15, 0.2) is 0 Å². The van der Waals surface area contributed by atoms with Crippen molar-refractivity contribution in [2.45, 2.75) is 6.54 Å². The fraction of sp³-hybridized carbons (Fsp3) is 0.300. The molecule has 4 heterocycles. The van der Waals surface area contributed by atoms with E-state index < -0.39 is 5.69 Å². The Balaban J connectivity index is 1.57. The van der Waals surface area contributed by atoms with Crippen molar-refractivity contribution < 1.29 is 9.13 Å². The minimum atomic E-state index is -0.423. The summed E-state index contributed by atoms with van der Waals surface area (Å²) in [6.07, 6.45) is 5.19. The summed E-state index contributed by atoms with van der Waals surface area (Å²) in [6, 6.07) is 7.60. The first kappa shape index (κ1) is 19.9. The van der Waals surface area contributed by atoms with Gasteiger partial charge in [-0.2, -0.15) is 5.10 Å². The van der Waals surface area contributed by atoms with E-state index in [1.807, 2.05) is 18.2 Å². The Hall–Kier alpha value is -3.37. The Morgan fingerprint density at radius 1 is 1.17 bits per heavy atom. The van der Waals surface area contributed by atoms with Crippen LogP contribution in [0.3, 0.4) is 0 Å². The normalized spacial score (nSPS) is 14.9. The predicted octanol–water partition coefficient (Wildman–Crippen LogP) is 1.14. The second-order valence-corrected chi connectivity index (χ2v) is 6.82. The summed E-state index contributed by atoms with van der Waals surface area (Å²) in [5, 5.41) is 4.03. The van der Waals surface area contributed by atoms with Crippen molar-refractivity contribution in [2.75, 3.05) is 37.7 Å². The highest BCUT2D eigenvalue weighted by Crippen LogP contribution is 2.22. The van der Waals surface area contributed by atoms with Crippen LogP contribution in [0.2, 0.25) is 0 Å². The van der Waals surface area contributed by atoms with Crippen molar-refractivity contribution in [3.63, 3.8) is 0 Å². The van der Waals surface area contributed by atoms with Gasteiger partial charge in [0, 0.05) is 37.6 Å². The molecule has 0 aliphatic carbocycles. The van der Waals surface area contributed by atoms with Gasteiger partial charge in [0.25, 0.3) is 0 Å². The lowest BCUT2D eigenvalue weighted by atomic mass is 10.1. The molecule has 1 fully saturated rings. The van der Waals surface area contributed by atoms with E-state index in [2.05, 4.69) is 20.0 Å². The molecule has 0 saturated carbocycles. The number of aromatic nitrogens is 5. The molecule has 3 aromatic heterocycles. The Morgan fingerprint density at radius 2 is 2.00 bits per heavy atom. The molecule has 4 rings (SSSR count). The van der Waals surface area contributed by atoms with Crippen LogP contribution in [0.5, 0.6) is 0 Å². The summed E-state index contributed by atoms with van der Waals surface area (Å²) in [6.45, 7) is 3.05. The van der Waals surface area contributed by atoms with E-state index in [1.54, 1.807) is 18.5 Å². The van der Waals surface area contributed by atoms with Crippen LogP contribution in [0.25, 0.3) is 16.9 Å². The fourth-order valence-electron chi connectivity index (χ4n) is 3.20. The summed E-state index contributed by atoms with van der Waals surface area (Å²) in [5.74, 6) is 1.32. The molecule has 0 atom stereocenters. The molecular formula is C20H22FN7O2. The standard InChI is InChI=1S/C20H22FN7O2/c21-10-15(11-22)13-28-20(29)27(14-25-28)19-9-16(3-4-23-19)17-1-2-18(24-12-17)26-5-7-30-8-6-26/h1-4,9-10,12,14H,5-8,11,13,22H2/b15-10+. The van der Waals surface area contributed by atoms with Crippen LogP contribution < -0.4 is 16.3 Å². The molecule has 0 aromatic carbocycles. The number of hydrogen-bond acceptors (Lipinski definition) is 7. The molecule has 156 valence electrons. The van der Waals surface area contributed by atoms with E-state index in [4.69, 9.17) is 10.5 Å². The molecule has 0 bridgehead atoms. The first-order chi connectivity index (χ1) is 14.7. The van der Waals surface area contributed by atoms with Crippen LogP contribution in [-0.4, -0.2) is 57.2 Å². The van der Waals surface area contributed by atoms with Crippen LogP contribution in [0.15, 0.2) is 59.7 Å². The number of halogens is 1. The maximum Gasteiger partial charge on any atom is 0.351 e. The molecule has 1 aliphatic rings. The topological polar surface area (TPSA) is 104 Å². The number of nitrogens with two attached hydrogens (primary N) is 1. The maximum atomic E-state index is 12.8. The molecular weight excluding hydrogens is 389 g/mol. The summed E-state index contributed by atoms with van der Waals surface area (Å²) in [7, 11) is 0. The number of anilines is 1. The smallest absolute Gasteiger partial charge is 0.351 e. The molecule has 0 unspecified atom stereocenters. The average molecular weight is 411 g/mol. The molecule has 2 N–H and O–H groups in total. The van der Waals surface area contributed by atoms with Crippen LogP contribution in [-0.2, 0) is 11.3 Å². The zero-order valence-corrected chi connectivity index (χ0v) is 16.3. The quantitative estimate of drug-likeness (QED) is 0.649. The summed E-state index contributed by atoms with van der Waals surface area (Å²) in [5.41, 5.74) is 7.08. The van der Waals surface area contributed by atoms with Gasteiger partial charge in [-0.25, -0.2) is 28.4 Å². The van der Waals surface area contributed by atoms with E-state index in [1.165, 1.54) is 10.9 Å². The maximum absolute atomic E-state index is 12.8. The van der Waals surface area contributed by atoms with Crippen molar-refractivity contribution in [1.82, 2.24) is 24.3 Å². The van der Waals surface area contributed by atoms with Crippen molar-refractivity contribution >= 4 is 5.82 Å². The van der Waals surface area contributed by atoms with Gasteiger partial charge in [-0.3, -0.25) is 0 Å². The third kappa shape index (κ3) is 4.14. The van der Waals surface area contributed by atoms with Gasteiger partial charge in [0.1, 0.15) is 18.0 Å². The van der Waals surface area contributed by atoms with Crippen molar-refractivity contribution in [2.24, 2.45) is 5.73 Å². The highest BCUT2D eigenvalue weighted by atomic mass is 19.1. The molecule has 0 radical (unpaired) electrons. The number of pyridine rings is 2. The lowest BCUT2D eigenvalue weighted by Gasteiger charge is -2.27. The predicted molar refractivity (Wildman–Crippen MR) is 110 cm³/mol. The Morgan fingerprint density at radius 3 is 2.70 bits per heavy atom. The highest BCUT2D eigenvalue weighted by Gasteiger charge is 2.13. The SMILES string of the molecule is NC/C(=C\F)Cn1ncn(-c2cc(-c3ccc(N4CCOCC4)nc3)ccn2)c1=O. The van der Waals surface area contributed by atoms with Crippen LogP contribution in [0.1, 0.15) is 0 Å². The van der Waals surface area contributed by atoms with E-state index in [0.717, 1.165) is 34.7 Å². The largest absolute Gasteiger partial charge is 0.378 e. The van der Waals surface area contributed by atoms with Gasteiger partial charge >= 0.3 is 5.69 Å². The van der Waals surface area contributed by atoms with Crippen LogP contribution in [0, 0.1) is 0 Å². The van der Waals surface area contributed by atoms with E-state index >= 15 is 0 Å². The summed E-state index contributed by atoms with van der Waals surface area (Å²) >= 11 is 0. The number of rotatable bonds is 6. The third-order valence-electron chi connectivity index (χ3n) is 4.91. The minimum Gasteiger partial charge on any atom is -0.378 e. The first-order valence-corrected chi connectivity index (χ1v) is 9.58. The molecule has 30 heavy (non-hydrogen) atoms. The van der Waals surface area contributed by atoms with Crippen LogP contribution in [0.4, 0.5) is 10.2 Å². The summed E-state index contributed by atoms with van der Waals surface area (Å²) in [4.78, 5) is 23.6. The minimum absolute atomic E-state index is 0.00849. The fourth-order valence-corrected chi connectivity index (χ4v) is 3.20. The van der Waals surface area contributed by atoms with Crippen molar-refractivity contribution in [1.29, 1.82) is 0 Å². The van der Waals surface area contributed by atoms with Crippen molar-refractivity contribution in [3.05, 3.63) is 65.4 Å². The second kappa shape index (κ2) is 8.97. The average Bonchev–Trinajstić information content (AvgIpc) is 3.18. The zero-order valence-electron chi connectivity index (χ0n) is 16.3. The number of ether oxygens (including phenoxy) is 1. The molecule has 1 saturated heterocycles. The van der Waals surface area contributed by atoms with Gasteiger partial charge in [-0.1, -0.05) is 0 Å². The highest BCUT2D eigenvalue weighted by molar-refractivity contribution is 5.65. The molecule has 3 aromatic rings. The summed E-state index contributed by atoms with van der Waals surface area (Å²) < 4.78 is 20.6. The second-order valence-electron chi connectivity index (χ2n) is 6.82. The molecule has 0 spiro atoms. The van der Waals surface area contributed by atoms with E-state index in [9.17, 15) is 9.18 Å². The van der Waals surface area contributed by atoms with Gasteiger partial charge in [0.2, 0.25) is 0 Å². The van der Waals surface area contributed by atoms with E-state index in [0.29, 0.717) is 25.4 Å². The molecule has 0 amide bonds. The van der Waals surface area contributed by atoms with Gasteiger partial charge in [-0.05, 0) is 35.4 Å².